The normalized spacial score (nSPS) is 17.2. The van der Waals surface area contributed by atoms with Crippen LogP contribution in [-0.4, -0.2) is 11.9 Å². The maximum Gasteiger partial charge on any atom is 0.224 e. The molecular weight excluding hydrogens is 265 g/mol. The summed E-state index contributed by atoms with van der Waals surface area (Å²) in [6.07, 6.45) is 4.42. The molecular formula is C18H16FNO. The molecule has 0 spiro atoms. The zero-order valence-electron chi connectivity index (χ0n) is 11.8. The van der Waals surface area contributed by atoms with Crippen molar-refractivity contribution in [2.75, 3.05) is 4.90 Å². The number of nitrogens with zero attached hydrogens (tertiary/aromatic N) is 1. The first-order chi connectivity index (χ1) is 10.2. The van der Waals surface area contributed by atoms with Gasteiger partial charge in [0.1, 0.15) is 5.82 Å². The number of anilines is 1. The van der Waals surface area contributed by atoms with Crippen molar-refractivity contribution in [3.63, 3.8) is 0 Å². The van der Waals surface area contributed by atoms with E-state index in [1.807, 2.05) is 30.3 Å². The molecule has 0 saturated carbocycles. The summed E-state index contributed by atoms with van der Waals surface area (Å²) in [5.41, 5.74) is 2.64. The first-order valence-electron chi connectivity index (χ1n) is 6.97. The molecule has 2 aromatic rings. The number of fused-ring (bicyclic) bond motifs is 1. The third-order valence-electron chi connectivity index (χ3n) is 3.75. The third kappa shape index (κ3) is 2.59. The van der Waals surface area contributed by atoms with Crippen molar-refractivity contribution in [1.82, 2.24) is 0 Å². The molecule has 1 aliphatic rings. The van der Waals surface area contributed by atoms with Gasteiger partial charge in [-0.05, 0) is 24.1 Å². The molecule has 1 atom stereocenters. The molecule has 2 aromatic carbocycles. The second-order valence-corrected chi connectivity index (χ2v) is 5.17. The predicted molar refractivity (Wildman–Crippen MR) is 82.5 cm³/mol. The van der Waals surface area contributed by atoms with Crippen molar-refractivity contribution in [3.8, 4) is 0 Å². The maximum atomic E-state index is 13.7. The number of halogens is 1. The van der Waals surface area contributed by atoms with Crippen molar-refractivity contribution in [2.24, 2.45) is 0 Å². The van der Waals surface area contributed by atoms with E-state index in [0.717, 1.165) is 17.7 Å². The third-order valence-corrected chi connectivity index (χ3v) is 3.75. The lowest BCUT2D eigenvalue weighted by molar-refractivity contribution is -0.116. The second kappa shape index (κ2) is 5.52. The summed E-state index contributed by atoms with van der Waals surface area (Å²) in [5.74, 6) is -0.248. The summed E-state index contributed by atoms with van der Waals surface area (Å²) < 4.78 is 13.7. The topological polar surface area (TPSA) is 20.3 Å². The Kier molecular flexibility index (Phi) is 3.57. The van der Waals surface area contributed by atoms with E-state index in [1.54, 1.807) is 36.1 Å². The Balaban J connectivity index is 1.90. The van der Waals surface area contributed by atoms with Crippen molar-refractivity contribution < 1.29 is 9.18 Å². The Bertz CT molecular complexity index is 708. The first kappa shape index (κ1) is 13.6. The van der Waals surface area contributed by atoms with E-state index in [4.69, 9.17) is 0 Å². The molecule has 0 N–H and O–H groups in total. The fourth-order valence-electron chi connectivity index (χ4n) is 2.80. The zero-order valence-corrected chi connectivity index (χ0v) is 11.8. The van der Waals surface area contributed by atoms with Crippen LogP contribution in [0.3, 0.4) is 0 Å². The highest BCUT2D eigenvalue weighted by Gasteiger charge is 2.29. The van der Waals surface area contributed by atoms with Gasteiger partial charge in [-0.25, -0.2) is 4.39 Å². The second-order valence-electron chi connectivity index (χ2n) is 5.17. The minimum atomic E-state index is -0.251. The van der Waals surface area contributed by atoms with Crippen molar-refractivity contribution in [2.45, 2.75) is 19.4 Å². The fourth-order valence-corrected chi connectivity index (χ4v) is 2.80. The van der Waals surface area contributed by atoms with Gasteiger partial charge in [-0.3, -0.25) is 4.79 Å². The molecule has 0 aliphatic carbocycles. The monoisotopic (exact) mass is 281 g/mol. The summed E-state index contributed by atoms with van der Waals surface area (Å²) in [6, 6.07) is 14.5. The van der Waals surface area contributed by atoms with Gasteiger partial charge in [0, 0.05) is 18.2 Å². The smallest absolute Gasteiger partial charge is 0.224 e. The van der Waals surface area contributed by atoms with Crippen molar-refractivity contribution in [3.05, 3.63) is 71.6 Å². The predicted octanol–water partition coefficient (Wildman–Crippen LogP) is 3.82. The van der Waals surface area contributed by atoms with E-state index >= 15 is 0 Å². The van der Waals surface area contributed by atoms with Gasteiger partial charge >= 0.3 is 0 Å². The van der Waals surface area contributed by atoms with Crippen LogP contribution in [-0.2, 0) is 11.2 Å². The van der Waals surface area contributed by atoms with Gasteiger partial charge < -0.3 is 4.90 Å². The van der Waals surface area contributed by atoms with Crippen LogP contribution in [0, 0.1) is 5.82 Å². The first-order valence-corrected chi connectivity index (χ1v) is 6.97. The van der Waals surface area contributed by atoms with Crippen LogP contribution in [0.4, 0.5) is 10.1 Å². The van der Waals surface area contributed by atoms with Crippen LogP contribution < -0.4 is 4.90 Å². The minimum Gasteiger partial charge on any atom is -0.305 e. The largest absolute Gasteiger partial charge is 0.305 e. The van der Waals surface area contributed by atoms with Gasteiger partial charge in [0.15, 0.2) is 0 Å². The molecule has 0 fully saturated rings. The Morgan fingerprint density at radius 3 is 2.67 bits per heavy atom. The molecule has 0 saturated heterocycles. The minimum absolute atomic E-state index is 0.00290. The van der Waals surface area contributed by atoms with Crippen LogP contribution in [0.2, 0.25) is 0 Å². The Labute approximate surface area is 123 Å². The number of carbonyl (C=O) groups is 1. The van der Waals surface area contributed by atoms with E-state index in [9.17, 15) is 9.18 Å². The zero-order chi connectivity index (χ0) is 14.8. The molecule has 21 heavy (non-hydrogen) atoms. The highest BCUT2D eigenvalue weighted by molar-refractivity contribution is 5.95. The lowest BCUT2D eigenvalue weighted by Crippen LogP contribution is -2.34. The van der Waals surface area contributed by atoms with E-state index in [0.29, 0.717) is 5.56 Å². The van der Waals surface area contributed by atoms with Gasteiger partial charge in [-0.2, -0.15) is 0 Å². The van der Waals surface area contributed by atoms with Gasteiger partial charge in [0.05, 0.1) is 6.04 Å². The van der Waals surface area contributed by atoms with Crippen LogP contribution >= 0.6 is 0 Å². The van der Waals surface area contributed by atoms with Crippen LogP contribution in [0.25, 0.3) is 6.08 Å². The summed E-state index contributed by atoms with van der Waals surface area (Å²) in [4.78, 5) is 13.7. The van der Waals surface area contributed by atoms with Crippen LogP contribution in [0.15, 0.2) is 54.6 Å². The average Bonchev–Trinajstić information content (AvgIpc) is 2.85. The van der Waals surface area contributed by atoms with E-state index in [1.165, 1.54) is 6.07 Å². The molecule has 3 heteroatoms. The van der Waals surface area contributed by atoms with Gasteiger partial charge in [0.2, 0.25) is 5.91 Å². The number of carbonyl (C=O) groups excluding carboxylic acids is 1. The number of benzene rings is 2. The molecule has 1 amide bonds. The molecule has 0 aromatic heterocycles. The number of hydrogen-bond donors (Lipinski definition) is 0. The van der Waals surface area contributed by atoms with Crippen molar-refractivity contribution in [1.29, 1.82) is 0 Å². The molecule has 106 valence electrons. The molecule has 2 nitrogen and oxygen atoms in total. The maximum absolute atomic E-state index is 13.7. The lowest BCUT2D eigenvalue weighted by Gasteiger charge is -2.21. The SMILES string of the molecule is CC(=O)N1c2ccccc2C[C@H]1/C=C/c1ccccc1F. The average molecular weight is 281 g/mol. The Morgan fingerprint density at radius 1 is 1.19 bits per heavy atom. The summed E-state index contributed by atoms with van der Waals surface area (Å²) in [5, 5.41) is 0. The Hall–Kier alpha value is -2.42. The fraction of sp³-hybridized carbons (Fsp3) is 0.167. The molecule has 3 rings (SSSR count). The number of hydrogen-bond acceptors (Lipinski definition) is 1. The molecule has 0 unspecified atom stereocenters. The van der Waals surface area contributed by atoms with E-state index in [-0.39, 0.29) is 17.8 Å². The number of para-hydroxylation sites is 1. The quantitative estimate of drug-likeness (QED) is 0.819. The molecule has 1 heterocycles. The van der Waals surface area contributed by atoms with Crippen LogP contribution in [0.5, 0.6) is 0 Å². The van der Waals surface area contributed by atoms with Gasteiger partial charge in [-0.1, -0.05) is 48.6 Å². The Morgan fingerprint density at radius 2 is 1.90 bits per heavy atom. The van der Waals surface area contributed by atoms with Gasteiger partial charge in [0.25, 0.3) is 0 Å². The summed E-state index contributed by atoms with van der Waals surface area (Å²) in [7, 11) is 0. The highest BCUT2D eigenvalue weighted by Crippen LogP contribution is 2.32. The lowest BCUT2D eigenvalue weighted by atomic mass is 10.1. The van der Waals surface area contributed by atoms with E-state index < -0.39 is 0 Å². The molecule has 0 bridgehead atoms. The van der Waals surface area contributed by atoms with Crippen molar-refractivity contribution >= 4 is 17.7 Å². The summed E-state index contributed by atoms with van der Waals surface area (Å²) >= 11 is 0. The molecule has 1 aliphatic heterocycles. The van der Waals surface area contributed by atoms with Crippen LogP contribution in [0.1, 0.15) is 18.1 Å². The number of amides is 1. The molecule has 0 radical (unpaired) electrons. The highest BCUT2D eigenvalue weighted by atomic mass is 19.1. The summed E-state index contributed by atoms with van der Waals surface area (Å²) in [6.45, 7) is 1.56. The van der Waals surface area contributed by atoms with Gasteiger partial charge in [-0.15, -0.1) is 0 Å². The standard InChI is InChI=1S/C18H16FNO/c1-13(21)20-16(12-15-7-3-5-9-18(15)20)11-10-14-6-2-4-8-17(14)19/h2-11,16H,12H2,1H3/b11-10+/t16-/m1/s1. The number of rotatable bonds is 2. The van der Waals surface area contributed by atoms with E-state index in [2.05, 4.69) is 0 Å².